The van der Waals surface area contributed by atoms with Crippen LogP contribution in [0, 0.1) is 5.92 Å². The van der Waals surface area contributed by atoms with Gasteiger partial charge in [-0.05, 0) is 44.1 Å². The maximum absolute atomic E-state index is 12.9. The highest BCUT2D eigenvalue weighted by molar-refractivity contribution is 7.89. The molecule has 1 N–H and O–H groups in total. The SMILES string of the molecule is CCN1CCCC(C(=O)Nc2cc(S(=O)(=O)N3CCOCC3)ccc2OC)C1. The summed E-state index contributed by atoms with van der Waals surface area (Å²) >= 11 is 0. The topological polar surface area (TPSA) is 88.2 Å². The van der Waals surface area contributed by atoms with Crippen LogP contribution in [0.15, 0.2) is 23.1 Å². The van der Waals surface area contributed by atoms with Crippen molar-refractivity contribution in [1.82, 2.24) is 9.21 Å². The minimum Gasteiger partial charge on any atom is -0.495 e. The molecule has 1 unspecified atom stereocenters. The molecule has 2 aliphatic rings. The molecule has 3 rings (SSSR count). The molecule has 0 saturated carbocycles. The van der Waals surface area contributed by atoms with Gasteiger partial charge in [-0.25, -0.2) is 8.42 Å². The number of carbonyl (C=O) groups excluding carboxylic acids is 1. The van der Waals surface area contributed by atoms with E-state index < -0.39 is 10.0 Å². The lowest BCUT2D eigenvalue weighted by Crippen LogP contribution is -2.41. The Morgan fingerprint density at radius 1 is 1.29 bits per heavy atom. The lowest BCUT2D eigenvalue weighted by molar-refractivity contribution is -0.121. The second-order valence-corrected chi connectivity index (χ2v) is 9.04. The average molecular weight is 412 g/mol. The number of rotatable bonds is 6. The molecule has 0 radical (unpaired) electrons. The Labute approximate surface area is 166 Å². The van der Waals surface area contributed by atoms with Crippen LogP contribution in [0.5, 0.6) is 5.75 Å². The Morgan fingerprint density at radius 2 is 2.04 bits per heavy atom. The Balaban J connectivity index is 1.80. The Bertz CT molecular complexity index is 793. The van der Waals surface area contributed by atoms with Crippen molar-refractivity contribution in [3.05, 3.63) is 18.2 Å². The summed E-state index contributed by atoms with van der Waals surface area (Å²) in [6.45, 7) is 6.15. The van der Waals surface area contributed by atoms with Gasteiger partial charge in [-0.3, -0.25) is 4.79 Å². The number of piperidine rings is 1. The Morgan fingerprint density at radius 3 is 2.71 bits per heavy atom. The summed E-state index contributed by atoms with van der Waals surface area (Å²) in [5, 5.41) is 2.89. The molecule has 1 aromatic rings. The smallest absolute Gasteiger partial charge is 0.243 e. The number of ether oxygens (including phenoxy) is 2. The summed E-state index contributed by atoms with van der Waals surface area (Å²) in [5.74, 6) is 0.229. The normalized spacial score (nSPS) is 22.0. The quantitative estimate of drug-likeness (QED) is 0.761. The van der Waals surface area contributed by atoms with Gasteiger partial charge in [-0.1, -0.05) is 6.92 Å². The van der Waals surface area contributed by atoms with Crippen molar-refractivity contribution >= 4 is 21.6 Å². The first-order valence-electron chi connectivity index (χ1n) is 9.75. The first kappa shape index (κ1) is 21.0. The number of nitrogens with zero attached hydrogens (tertiary/aromatic N) is 2. The number of nitrogens with one attached hydrogen (secondary N) is 1. The Kier molecular flexibility index (Phi) is 6.92. The van der Waals surface area contributed by atoms with Crippen LogP contribution < -0.4 is 10.1 Å². The third kappa shape index (κ3) is 4.65. The van der Waals surface area contributed by atoms with Crippen LogP contribution >= 0.6 is 0 Å². The van der Waals surface area contributed by atoms with Gasteiger partial charge in [0.1, 0.15) is 5.75 Å². The zero-order valence-corrected chi connectivity index (χ0v) is 17.3. The van der Waals surface area contributed by atoms with Crippen LogP contribution in [0.25, 0.3) is 0 Å². The predicted octanol–water partition coefficient (Wildman–Crippen LogP) is 1.39. The van der Waals surface area contributed by atoms with Crippen LogP contribution in [0.2, 0.25) is 0 Å². The number of amides is 1. The van der Waals surface area contributed by atoms with Gasteiger partial charge in [0.2, 0.25) is 15.9 Å². The fraction of sp³-hybridized carbons (Fsp3) is 0.632. The van der Waals surface area contributed by atoms with Crippen LogP contribution in [0.4, 0.5) is 5.69 Å². The molecule has 0 bridgehead atoms. The lowest BCUT2D eigenvalue weighted by atomic mass is 9.97. The van der Waals surface area contributed by atoms with E-state index in [1.807, 2.05) is 0 Å². The van der Waals surface area contributed by atoms with E-state index in [2.05, 4.69) is 17.1 Å². The van der Waals surface area contributed by atoms with Crippen molar-refractivity contribution in [2.45, 2.75) is 24.7 Å². The van der Waals surface area contributed by atoms with Crippen molar-refractivity contribution in [2.75, 3.05) is 58.4 Å². The predicted molar refractivity (Wildman–Crippen MR) is 106 cm³/mol. The molecule has 28 heavy (non-hydrogen) atoms. The molecular weight excluding hydrogens is 382 g/mol. The summed E-state index contributed by atoms with van der Waals surface area (Å²) in [7, 11) is -2.14. The molecule has 2 aliphatic heterocycles. The molecule has 8 nitrogen and oxygen atoms in total. The van der Waals surface area contributed by atoms with E-state index in [4.69, 9.17) is 9.47 Å². The molecule has 0 aromatic heterocycles. The summed E-state index contributed by atoms with van der Waals surface area (Å²) < 4.78 is 37.8. The molecule has 156 valence electrons. The standard InChI is InChI=1S/C19H29N3O5S/c1-3-21-8-4-5-15(14-21)19(23)20-17-13-16(6-7-18(17)26-2)28(24,25)22-9-11-27-12-10-22/h6-7,13,15H,3-5,8-12,14H2,1-2H3,(H,20,23). The lowest BCUT2D eigenvalue weighted by Gasteiger charge is -2.31. The van der Waals surface area contributed by atoms with Crippen molar-refractivity contribution in [2.24, 2.45) is 5.92 Å². The molecule has 0 aliphatic carbocycles. The van der Waals surface area contributed by atoms with Gasteiger partial charge >= 0.3 is 0 Å². The largest absolute Gasteiger partial charge is 0.495 e. The number of carbonyl (C=O) groups is 1. The van der Waals surface area contributed by atoms with Gasteiger partial charge in [0.15, 0.2) is 0 Å². The van der Waals surface area contributed by atoms with Crippen LogP contribution in [-0.4, -0.2) is 76.6 Å². The minimum absolute atomic E-state index is 0.0997. The summed E-state index contributed by atoms with van der Waals surface area (Å²) in [6, 6.07) is 4.59. The van der Waals surface area contributed by atoms with Crippen molar-refractivity contribution < 1.29 is 22.7 Å². The third-order valence-corrected chi connectivity index (χ3v) is 7.25. The maximum atomic E-state index is 12.9. The van der Waals surface area contributed by atoms with Crippen molar-refractivity contribution in [3.8, 4) is 5.75 Å². The number of likely N-dealkylation sites (tertiary alicyclic amines) is 1. The zero-order valence-electron chi connectivity index (χ0n) is 16.5. The highest BCUT2D eigenvalue weighted by Crippen LogP contribution is 2.30. The second kappa shape index (κ2) is 9.21. The number of methoxy groups -OCH3 is 1. The van der Waals surface area contributed by atoms with E-state index >= 15 is 0 Å². The van der Waals surface area contributed by atoms with Gasteiger partial charge in [-0.15, -0.1) is 0 Å². The summed E-state index contributed by atoms with van der Waals surface area (Å²) in [5.41, 5.74) is 0.385. The van der Waals surface area contributed by atoms with Crippen LogP contribution in [0.1, 0.15) is 19.8 Å². The maximum Gasteiger partial charge on any atom is 0.243 e. The molecule has 0 spiro atoms. The second-order valence-electron chi connectivity index (χ2n) is 7.10. The van der Waals surface area contributed by atoms with Crippen molar-refractivity contribution in [3.63, 3.8) is 0 Å². The van der Waals surface area contributed by atoms with Crippen LogP contribution in [0.3, 0.4) is 0 Å². The number of hydrogen-bond acceptors (Lipinski definition) is 6. The van der Waals surface area contributed by atoms with Gasteiger partial charge < -0.3 is 19.7 Å². The zero-order chi connectivity index (χ0) is 20.1. The van der Waals surface area contributed by atoms with E-state index in [0.717, 1.165) is 32.5 Å². The fourth-order valence-electron chi connectivity index (χ4n) is 3.67. The van der Waals surface area contributed by atoms with E-state index in [-0.39, 0.29) is 16.7 Å². The molecule has 1 atom stereocenters. The first-order chi connectivity index (χ1) is 13.5. The minimum atomic E-state index is -3.64. The number of benzene rings is 1. The monoisotopic (exact) mass is 411 g/mol. The molecule has 2 fully saturated rings. The van der Waals surface area contributed by atoms with Gasteiger partial charge in [-0.2, -0.15) is 4.31 Å². The molecular formula is C19H29N3O5S. The third-order valence-electron chi connectivity index (χ3n) is 5.36. The van der Waals surface area contributed by atoms with Crippen LogP contribution in [-0.2, 0) is 19.6 Å². The number of anilines is 1. The van der Waals surface area contributed by atoms with Gasteiger partial charge in [0, 0.05) is 19.6 Å². The molecule has 9 heteroatoms. The van der Waals surface area contributed by atoms with Crippen molar-refractivity contribution in [1.29, 1.82) is 0 Å². The van der Waals surface area contributed by atoms with Gasteiger partial charge in [0.05, 0.1) is 36.8 Å². The van der Waals surface area contributed by atoms with E-state index in [9.17, 15) is 13.2 Å². The van der Waals surface area contributed by atoms with E-state index in [0.29, 0.717) is 37.7 Å². The molecule has 2 heterocycles. The highest BCUT2D eigenvalue weighted by atomic mass is 32.2. The van der Waals surface area contributed by atoms with E-state index in [1.165, 1.54) is 23.5 Å². The first-order valence-corrected chi connectivity index (χ1v) is 11.2. The highest BCUT2D eigenvalue weighted by Gasteiger charge is 2.29. The number of sulfonamides is 1. The fourth-order valence-corrected chi connectivity index (χ4v) is 5.11. The summed E-state index contributed by atoms with van der Waals surface area (Å²) in [6.07, 6.45) is 1.81. The summed E-state index contributed by atoms with van der Waals surface area (Å²) in [4.78, 5) is 15.2. The molecule has 1 amide bonds. The number of morpholine rings is 1. The number of hydrogen-bond donors (Lipinski definition) is 1. The van der Waals surface area contributed by atoms with E-state index in [1.54, 1.807) is 6.07 Å². The Hall–Kier alpha value is -1.68. The average Bonchev–Trinajstić information content (AvgIpc) is 2.74. The molecule has 2 saturated heterocycles. The molecule has 1 aromatic carbocycles. The van der Waals surface area contributed by atoms with Gasteiger partial charge in [0.25, 0.3) is 0 Å².